The van der Waals surface area contributed by atoms with Crippen molar-refractivity contribution in [1.82, 2.24) is 0 Å². The molecule has 1 aliphatic carbocycles. The lowest BCUT2D eigenvalue weighted by atomic mass is 10.1. The highest BCUT2D eigenvalue weighted by atomic mass is 16.4. The zero-order chi connectivity index (χ0) is 11.1. The number of hydrogen-bond donors (Lipinski definition) is 1. The third-order valence-corrected chi connectivity index (χ3v) is 3.28. The molecule has 2 atom stereocenters. The van der Waals surface area contributed by atoms with Gasteiger partial charge in [-0.05, 0) is 30.4 Å². The van der Waals surface area contributed by atoms with Crippen LogP contribution in [0.2, 0.25) is 0 Å². The molecule has 0 amide bonds. The van der Waals surface area contributed by atoms with Crippen LogP contribution >= 0.6 is 0 Å². The Morgan fingerprint density at radius 1 is 1.44 bits per heavy atom. The Kier molecular flexibility index (Phi) is 1.99. The van der Waals surface area contributed by atoms with E-state index in [2.05, 4.69) is 0 Å². The van der Waals surface area contributed by atoms with Crippen LogP contribution in [-0.4, -0.2) is 11.1 Å². The predicted molar refractivity (Wildman–Crippen MR) is 59.2 cm³/mol. The maximum Gasteiger partial charge on any atom is 0.306 e. The topological polar surface area (TPSA) is 50.4 Å². The van der Waals surface area contributed by atoms with E-state index < -0.39 is 5.97 Å². The van der Waals surface area contributed by atoms with Gasteiger partial charge in [-0.2, -0.15) is 0 Å². The van der Waals surface area contributed by atoms with Crippen LogP contribution < -0.4 is 0 Å². The number of carboxylic acid groups (broad SMARTS) is 1. The summed E-state index contributed by atoms with van der Waals surface area (Å²) in [4.78, 5) is 10.7. The van der Waals surface area contributed by atoms with E-state index >= 15 is 0 Å². The highest BCUT2D eigenvalue weighted by Gasteiger charge is 2.43. The van der Waals surface area contributed by atoms with Gasteiger partial charge in [-0.3, -0.25) is 4.79 Å². The lowest BCUT2D eigenvalue weighted by Crippen LogP contribution is -2.00. The van der Waals surface area contributed by atoms with Crippen molar-refractivity contribution in [2.75, 3.05) is 0 Å². The van der Waals surface area contributed by atoms with Crippen molar-refractivity contribution in [2.45, 2.75) is 12.8 Å². The third-order valence-electron chi connectivity index (χ3n) is 3.28. The van der Waals surface area contributed by atoms with Gasteiger partial charge in [-0.25, -0.2) is 0 Å². The Labute approximate surface area is 92.7 Å². The Morgan fingerprint density at radius 2 is 2.25 bits per heavy atom. The SMILES string of the molecule is O=C(O)C1CC1Cc1coc2ccccc12. The molecule has 1 aliphatic rings. The monoisotopic (exact) mass is 216 g/mol. The van der Waals surface area contributed by atoms with Crippen LogP contribution in [0.3, 0.4) is 0 Å². The summed E-state index contributed by atoms with van der Waals surface area (Å²) in [6, 6.07) is 7.86. The number of carbonyl (C=O) groups is 1. The molecule has 3 nitrogen and oxygen atoms in total. The van der Waals surface area contributed by atoms with Gasteiger partial charge >= 0.3 is 5.97 Å². The van der Waals surface area contributed by atoms with E-state index in [1.54, 1.807) is 6.26 Å². The molecule has 0 spiro atoms. The van der Waals surface area contributed by atoms with E-state index in [0.29, 0.717) is 5.92 Å². The molecule has 1 fully saturated rings. The zero-order valence-electron chi connectivity index (χ0n) is 8.72. The summed E-state index contributed by atoms with van der Waals surface area (Å²) in [5, 5.41) is 9.95. The van der Waals surface area contributed by atoms with E-state index in [9.17, 15) is 4.79 Å². The first-order chi connectivity index (χ1) is 7.75. The van der Waals surface area contributed by atoms with Gasteiger partial charge in [0.1, 0.15) is 5.58 Å². The number of furan rings is 1. The Balaban J connectivity index is 1.83. The molecule has 3 heteroatoms. The van der Waals surface area contributed by atoms with Crippen LogP contribution in [0.4, 0.5) is 0 Å². The number of benzene rings is 1. The van der Waals surface area contributed by atoms with Gasteiger partial charge in [0.05, 0.1) is 12.2 Å². The van der Waals surface area contributed by atoms with E-state index in [0.717, 1.165) is 29.4 Å². The van der Waals surface area contributed by atoms with Crippen LogP contribution in [0.25, 0.3) is 11.0 Å². The predicted octanol–water partition coefficient (Wildman–Crippen LogP) is 2.70. The molecule has 0 aliphatic heterocycles. The van der Waals surface area contributed by atoms with Crippen molar-refractivity contribution in [3.05, 3.63) is 36.1 Å². The second-order valence-electron chi connectivity index (χ2n) is 4.40. The molecule has 1 aromatic carbocycles. The van der Waals surface area contributed by atoms with Gasteiger partial charge in [0, 0.05) is 5.39 Å². The summed E-state index contributed by atoms with van der Waals surface area (Å²) in [7, 11) is 0. The van der Waals surface area contributed by atoms with Crippen LogP contribution in [0, 0.1) is 11.8 Å². The molecule has 1 N–H and O–H groups in total. The van der Waals surface area contributed by atoms with E-state index in [4.69, 9.17) is 9.52 Å². The molecule has 16 heavy (non-hydrogen) atoms. The summed E-state index contributed by atoms with van der Waals surface area (Å²) in [5.41, 5.74) is 2.01. The maximum absolute atomic E-state index is 10.7. The molecular formula is C13H12O3. The summed E-state index contributed by atoms with van der Waals surface area (Å²) in [6.45, 7) is 0. The van der Waals surface area contributed by atoms with E-state index in [-0.39, 0.29) is 5.92 Å². The lowest BCUT2D eigenvalue weighted by Gasteiger charge is -1.95. The summed E-state index contributed by atoms with van der Waals surface area (Å²) in [5.74, 6) is -0.523. The van der Waals surface area contributed by atoms with Gasteiger partial charge in [0.2, 0.25) is 0 Å². The molecule has 3 rings (SSSR count). The highest BCUT2D eigenvalue weighted by Crippen LogP contribution is 2.42. The fourth-order valence-electron chi connectivity index (χ4n) is 2.25. The number of fused-ring (bicyclic) bond motifs is 1. The average molecular weight is 216 g/mol. The van der Waals surface area contributed by atoms with Crippen LogP contribution in [0.1, 0.15) is 12.0 Å². The normalized spacial score (nSPS) is 23.5. The van der Waals surface area contributed by atoms with Crippen LogP contribution in [0.5, 0.6) is 0 Å². The maximum atomic E-state index is 10.7. The minimum atomic E-state index is -0.669. The van der Waals surface area contributed by atoms with Gasteiger partial charge in [-0.15, -0.1) is 0 Å². The summed E-state index contributed by atoms with van der Waals surface area (Å²) >= 11 is 0. The number of para-hydroxylation sites is 1. The quantitative estimate of drug-likeness (QED) is 0.858. The molecule has 2 unspecified atom stereocenters. The molecule has 2 aromatic rings. The fraction of sp³-hybridized carbons (Fsp3) is 0.308. The zero-order valence-corrected chi connectivity index (χ0v) is 8.72. The average Bonchev–Trinajstić information content (AvgIpc) is 2.93. The standard InChI is InChI=1S/C13H12O3/c14-13(15)11-6-8(11)5-9-7-16-12-4-2-1-3-10(9)12/h1-4,7-8,11H,5-6H2,(H,14,15). The van der Waals surface area contributed by atoms with Crippen LogP contribution in [0.15, 0.2) is 34.9 Å². The largest absolute Gasteiger partial charge is 0.481 e. The Morgan fingerprint density at radius 3 is 3.00 bits per heavy atom. The van der Waals surface area contributed by atoms with Gasteiger partial charge in [0.15, 0.2) is 0 Å². The fourth-order valence-corrected chi connectivity index (χ4v) is 2.25. The smallest absolute Gasteiger partial charge is 0.306 e. The van der Waals surface area contributed by atoms with Gasteiger partial charge in [0.25, 0.3) is 0 Å². The molecule has 0 radical (unpaired) electrons. The van der Waals surface area contributed by atoms with Crippen LogP contribution in [-0.2, 0) is 11.2 Å². The molecule has 1 saturated carbocycles. The second-order valence-corrected chi connectivity index (χ2v) is 4.40. The van der Waals surface area contributed by atoms with E-state index in [1.165, 1.54) is 0 Å². The van der Waals surface area contributed by atoms with Crippen molar-refractivity contribution in [1.29, 1.82) is 0 Å². The number of aliphatic carboxylic acids is 1. The molecular weight excluding hydrogens is 204 g/mol. The Hall–Kier alpha value is -1.77. The summed E-state index contributed by atoms with van der Waals surface area (Å²) < 4.78 is 5.43. The molecule has 82 valence electrons. The third kappa shape index (κ3) is 1.48. The van der Waals surface area contributed by atoms with Gasteiger partial charge < -0.3 is 9.52 Å². The van der Waals surface area contributed by atoms with Gasteiger partial charge in [-0.1, -0.05) is 18.2 Å². The number of hydrogen-bond acceptors (Lipinski definition) is 2. The van der Waals surface area contributed by atoms with Crippen molar-refractivity contribution in [3.8, 4) is 0 Å². The Bertz CT molecular complexity index is 541. The van der Waals surface area contributed by atoms with E-state index in [1.807, 2.05) is 24.3 Å². The minimum Gasteiger partial charge on any atom is -0.481 e. The van der Waals surface area contributed by atoms with Crippen molar-refractivity contribution in [3.63, 3.8) is 0 Å². The first-order valence-electron chi connectivity index (χ1n) is 5.43. The summed E-state index contributed by atoms with van der Waals surface area (Å²) in [6.07, 6.45) is 3.37. The minimum absolute atomic E-state index is 0.145. The van der Waals surface area contributed by atoms with Crippen molar-refractivity contribution in [2.24, 2.45) is 11.8 Å². The molecule has 0 bridgehead atoms. The highest BCUT2D eigenvalue weighted by molar-refractivity contribution is 5.81. The first-order valence-corrected chi connectivity index (χ1v) is 5.43. The molecule has 0 saturated heterocycles. The number of rotatable bonds is 3. The van der Waals surface area contributed by atoms with Crippen molar-refractivity contribution < 1.29 is 14.3 Å². The number of carboxylic acids is 1. The first kappa shape index (κ1) is 9.46. The molecule has 1 aromatic heterocycles. The molecule has 1 heterocycles. The lowest BCUT2D eigenvalue weighted by molar-refractivity contribution is -0.138. The second kappa shape index (κ2) is 3.37. The van der Waals surface area contributed by atoms with Crippen molar-refractivity contribution >= 4 is 16.9 Å².